The van der Waals surface area contributed by atoms with Gasteiger partial charge in [0.25, 0.3) is 0 Å². The van der Waals surface area contributed by atoms with Gasteiger partial charge in [0.2, 0.25) is 0 Å². The molecule has 0 saturated heterocycles. The van der Waals surface area contributed by atoms with Crippen molar-refractivity contribution in [3.05, 3.63) is 53.6 Å². The lowest BCUT2D eigenvalue weighted by Crippen LogP contribution is -2.04. The van der Waals surface area contributed by atoms with E-state index in [0.29, 0.717) is 18.2 Å². The van der Waals surface area contributed by atoms with E-state index in [9.17, 15) is 5.11 Å². The first-order valence-corrected chi connectivity index (χ1v) is 5.84. The molecule has 1 aromatic carbocycles. The number of hydrogen-bond donors (Lipinski definition) is 1. The maximum absolute atomic E-state index is 9.71. The van der Waals surface area contributed by atoms with Crippen LogP contribution >= 0.6 is 0 Å². The highest BCUT2D eigenvalue weighted by Gasteiger charge is 2.10. The minimum atomic E-state index is -0.559. The number of nitrogens with zero attached hydrogens (tertiary/aromatic N) is 2. The predicted molar refractivity (Wildman–Crippen MR) is 68.2 cm³/mol. The number of benzene rings is 1. The summed E-state index contributed by atoms with van der Waals surface area (Å²) in [6, 6.07) is 7.50. The Kier molecular flexibility index (Phi) is 3.89. The molecule has 2 aromatic rings. The smallest absolute Gasteiger partial charge is 0.166 e. The largest absolute Gasteiger partial charge is 0.485 e. The van der Waals surface area contributed by atoms with Gasteiger partial charge in [-0.05, 0) is 32.0 Å². The Morgan fingerprint density at radius 2 is 2.00 bits per heavy atom. The molecule has 0 saturated carbocycles. The van der Waals surface area contributed by atoms with Crippen LogP contribution in [0.15, 0.2) is 36.7 Å². The number of aryl methyl sites for hydroxylation is 1. The zero-order valence-electron chi connectivity index (χ0n) is 10.5. The number of aliphatic hydroxyl groups is 1. The third-order valence-electron chi connectivity index (χ3n) is 2.59. The van der Waals surface area contributed by atoms with Crippen LogP contribution in [0.2, 0.25) is 0 Å². The first-order valence-electron chi connectivity index (χ1n) is 5.84. The van der Waals surface area contributed by atoms with Crippen LogP contribution in [-0.2, 0) is 6.61 Å². The van der Waals surface area contributed by atoms with Gasteiger partial charge in [0.1, 0.15) is 12.4 Å². The third-order valence-corrected chi connectivity index (χ3v) is 2.59. The first-order chi connectivity index (χ1) is 8.66. The zero-order chi connectivity index (χ0) is 13.0. The van der Waals surface area contributed by atoms with Gasteiger partial charge in [0.15, 0.2) is 5.82 Å². The fourth-order valence-electron chi connectivity index (χ4n) is 1.67. The molecule has 0 spiro atoms. The summed E-state index contributed by atoms with van der Waals surface area (Å²) < 4.78 is 5.65. The molecule has 0 aliphatic heterocycles. The molecule has 0 aliphatic rings. The zero-order valence-corrected chi connectivity index (χ0v) is 10.5. The van der Waals surface area contributed by atoms with Gasteiger partial charge in [-0.3, -0.25) is 0 Å². The van der Waals surface area contributed by atoms with E-state index in [1.165, 1.54) is 0 Å². The van der Waals surface area contributed by atoms with Crippen molar-refractivity contribution in [3.8, 4) is 5.75 Å². The van der Waals surface area contributed by atoms with E-state index in [1.807, 2.05) is 25.1 Å². The monoisotopic (exact) mass is 244 g/mol. The van der Waals surface area contributed by atoms with E-state index in [1.54, 1.807) is 25.4 Å². The number of rotatable bonds is 4. The Balaban J connectivity index is 2.14. The standard InChI is InChI=1S/C14H16N2O2/c1-10-4-5-13(12(8-10)11(2)17)18-9-14-15-6-3-7-16-14/h3-8,11,17H,9H2,1-2H3/t11-/m0/s1. The van der Waals surface area contributed by atoms with Crippen LogP contribution in [0.5, 0.6) is 5.75 Å². The van der Waals surface area contributed by atoms with Crippen LogP contribution in [-0.4, -0.2) is 15.1 Å². The van der Waals surface area contributed by atoms with Crippen molar-refractivity contribution >= 4 is 0 Å². The molecular weight excluding hydrogens is 228 g/mol. The molecule has 1 N–H and O–H groups in total. The molecule has 1 atom stereocenters. The van der Waals surface area contributed by atoms with Crippen molar-refractivity contribution in [2.24, 2.45) is 0 Å². The van der Waals surface area contributed by atoms with Gasteiger partial charge in [-0.2, -0.15) is 0 Å². The van der Waals surface area contributed by atoms with Crippen LogP contribution in [0.4, 0.5) is 0 Å². The van der Waals surface area contributed by atoms with Gasteiger partial charge in [0.05, 0.1) is 6.10 Å². The summed E-state index contributed by atoms with van der Waals surface area (Å²) in [6.07, 6.45) is 2.80. The normalized spacial score (nSPS) is 12.2. The average Bonchev–Trinajstić information content (AvgIpc) is 2.38. The van der Waals surface area contributed by atoms with Crippen LogP contribution in [0, 0.1) is 6.92 Å². The quantitative estimate of drug-likeness (QED) is 0.897. The molecule has 2 rings (SSSR count). The van der Waals surface area contributed by atoms with Crippen LogP contribution in [0.3, 0.4) is 0 Å². The first kappa shape index (κ1) is 12.5. The Morgan fingerprint density at radius 1 is 1.28 bits per heavy atom. The molecule has 1 aromatic heterocycles. The maximum Gasteiger partial charge on any atom is 0.166 e. The fraction of sp³-hybridized carbons (Fsp3) is 0.286. The van der Waals surface area contributed by atoms with E-state index < -0.39 is 6.10 Å². The lowest BCUT2D eigenvalue weighted by molar-refractivity contribution is 0.189. The van der Waals surface area contributed by atoms with Crippen LogP contribution in [0.1, 0.15) is 30.0 Å². The van der Waals surface area contributed by atoms with Gasteiger partial charge in [-0.15, -0.1) is 0 Å². The molecule has 18 heavy (non-hydrogen) atoms. The number of aromatic nitrogens is 2. The Bertz CT molecular complexity index is 512. The molecule has 1 heterocycles. The van der Waals surface area contributed by atoms with Gasteiger partial charge in [0, 0.05) is 18.0 Å². The highest BCUT2D eigenvalue weighted by atomic mass is 16.5. The molecule has 0 radical (unpaired) electrons. The highest BCUT2D eigenvalue weighted by molar-refractivity contribution is 5.38. The maximum atomic E-state index is 9.71. The summed E-state index contributed by atoms with van der Waals surface area (Å²) in [5.74, 6) is 1.29. The van der Waals surface area contributed by atoms with E-state index in [2.05, 4.69) is 9.97 Å². The summed E-state index contributed by atoms with van der Waals surface area (Å²) in [4.78, 5) is 8.17. The molecule has 0 amide bonds. The summed E-state index contributed by atoms with van der Waals surface area (Å²) in [7, 11) is 0. The second kappa shape index (κ2) is 5.60. The molecule has 4 nitrogen and oxygen atoms in total. The lowest BCUT2D eigenvalue weighted by atomic mass is 10.1. The molecular formula is C14H16N2O2. The third kappa shape index (κ3) is 3.05. The molecule has 0 fully saturated rings. The fourth-order valence-corrected chi connectivity index (χ4v) is 1.67. The Hall–Kier alpha value is -1.94. The average molecular weight is 244 g/mol. The molecule has 0 bridgehead atoms. The van der Waals surface area contributed by atoms with Crippen molar-refractivity contribution < 1.29 is 9.84 Å². The second-order valence-corrected chi connectivity index (χ2v) is 4.17. The highest BCUT2D eigenvalue weighted by Crippen LogP contribution is 2.26. The van der Waals surface area contributed by atoms with Crippen LogP contribution in [0.25, 0.3) is 0 Å². The SMILES string of the molecule is Cc1ccc(OCc2ncccn2)c([C@H](C)O)c1. The summed E-state index contributed by atoms with van der Waals surface area (Å²) in [5, 5.41) is 9.71. The number of hydrogen-bond acceptors (Lipinski definition) is 4. The van der Waals surface area contributed by atoms with Crippen molar-refractivity contribution in [3.63, 3.8) is 0 Å². The minimum absolute atomic E-state index is 0.295. The minimum Gasteiger partial charge on any atom is -0.485 e. The van der Waals surface area contributed by atoms with E-state index in [-0.39, 0.29) is 0 Å². The molecule has 0 aliphatic carbocycles. The van der Waals surface area contributed by atoms with Crippen molar-refractivity contribution in [1.82, 2.24) is 9.97 Å². The summed E-state index contributed by atoms with van der Waals surface area (Å²) in [6.45, 7) is 4.00. The predicted octanol–water partition coefficient (Wildman–Crippen LogP) is 2.42. The van der Waals surface area contributed by atoms with E-state index >= 15 is 0 Å². The summed E-state index contributed by atoms with van der Waals surface area (Å²) in [5.41, 5.74) is 1.88. The topological polar surface area (TPSA) is 55.2 Å². The lowest BCUT2D eigenvalue weighted by Gasteiger charge is -2.13. The van der Waals surface area contributed by atoms with Crippen molar-refractivity contribution in [1.29, 1.82) is 0 Å². The van der Waals surface area contributed by atoms with Crippen LogP contribution < -0.4 is 4.74 Å². The Morgan fingerprint density at radius 3 is 2.67 bits per heavy atom. The number of ether oxygens (including phenoxy) is 1. The van der Waals surface area contributed by atoms with Gasteiger partial charge < -0.3 is 9.84 Å². The van der Waals surface area contributed by atoms with E-state index in [4.69, 9.17) is 4.74 Å². The summed E-state index contributed by atoms with van der Waals surface area (Å²) >= 11 is 0. The Labute approximate surface area is 106 Å². The van der Waals surface area contributed by atoms with E-state index in [0.717, 1.165) is 11.1 Å². The molecule has 4 heteroatoms. The van der Waals surface area contributed by atoms with Crippen molar-refractivity contribution in [2.45, 2.75) is 26.6 Å². The number of aliphatic hydroxyl groups excluding tert-OH is 1. The molecule has 0 unspecified atom stereocenters. The van der Waals surface area contributed by atoms with Crippen molar-refractivity contribution in [2.75, 3.05) is 0 Å². The van der Waals surface area contributed by atoms with Gasteiger partial charge >= 0.3 is 0 Å². The van der Waals surface area contributed by atoms with Gasteiger partial charge in [-0.25, -0.2) is 9.97 Å². The second-order valence-electron chi connectivity index (χ2n) is 4.17. The van der Waals surface area contributed by atoms with Gasteiger partial charge in [-0.1, -0.05) is 11.6 Å². The molecule has 94 valence electrons.